The molecule has 0 radical (unpaired) electrons. The minimum atomic E-state index is -0.783. The van der Waals surface area contributed by atoms with Crippen LogP contribution >= 0.6 is 0 Å². The average molecular weight is 425 g/mol. The number of nitrogens with zero attached hydrogens (tertiary/aromatic N) is 3. The van der Waals surface area contributed by atoms with E-state index in [9.17, 15) is 19.8 Å². The quantitative estimate of drug-likeness (QED) is 0.381. The van der Waals surface area contributed by atoms with Crippen molar-refractivity contribution in [3.63, 3.8) is 0 Å². The molecule has 2 aromatic rings. The molecule has 1 saturated heterocycles. The van der Waals surface area contributed by atoms with Gasteiger partial charge in [0.2, 0.25) is 0 Å². The zero-order valence-corrected chi connectivity index (χ0v) is 17.9. The summed E-state index contributed by atoms with van der Waals surface area (Å²) in [6.45, 7) is 6.62. The van der Waals surface area contributed by atoms with E-state index in [-0.39, 0.29) is 16.9 Å². The van der Waals surface area contributed by atoms with Crippen molar-refractivity contribution in [2.45, 2.75) is 19.9 Å². The van der Waals surface area contributed by atoms with E-state index in [0.717, 1.165) is 13.1 Å². The van der Waals surface area contributed by atoms with Gasteiger partial charge in [0.05, 0.1) is 24.3 Å². The number of amides is 1. The molecule has 0 saturated carbocycles. The molecule has 1 atom stereocenters. The van der Waals surface area contributed by atoms with E-state index >= 15 is 0 Å². The number of aromatic hydroxyl groups is 1. The van der Waals surface area contributed by atoms with Crippen LogP contribution in [-0.4, -0.2) is 70.0 Å². The monoisotopic (exact) mass is 425 g/mol. The SMILES string of the molecule is CCN(CC)CCN1C(=O)C(=O)C(=C(O)c2ccc(OC)cc2O)[C@H]1c1ccncc1. The number of pyridine rings is 1. The molecule has 31 heavy (non-hydrogen) atoms. The molecule has 8 nitrogen and oxygen atoms in total. The lowest BCUT2D eigenvalue weighted by atomic mass is 9.95. The molecule has 1 aliphatic heterocycles. The summed E-state index contributed by atoms with van der Waals surface area (Å²) in [5, 5.41) is 21.4. The lowest BCUT2D eigenvalue weighted by Crippen LogP contribution is -2.38. The first-order chi connectivity index (χ1) is 14.9. The summed E-state index contributed by atoms with van der Waals surface area (Å²) in [5.41, 5.74) is 0.654. The largest absolute Gasteiger partial charge is 0.507 e. The van der Waals surface area contributed by atoms with E-state index in [1.807, 2.05) is 13.8 Å². The molecule has 0 bridgehead atoms. The molecule has 2 N–H and O–H groups in total. The van der Waals surface area contributed by atoms with E-state index in [2.05, 4.69) is 9.88 Å². The van der Waals surface area contributed by atoms with Crippen molar-refractivity contribution in [3.8, 4) is 11.5 Å². The van der Waals surface area contributed by atoms with Gasteiger partial charge in [-0.3, -0.25) is 14.6 Å². The molecule has 0 unspecified atom stereocenters. The molecule has 3 rings (SSSR count). The first-order valence-corrected chi connectivity index (χ1v) is 10.2. The Balaban J connectivity index is 2.10. The first-order valence-electron chi connectivity index (χ1n) is 10.2. The highest BCUT2D eigenvalue weighted by Gasteiger charge is 2.46. The van der Waals surface area contributed by atoms with Crippen LogP contribution in [0.2, 0.25) is 0 Å². The molecule has 2 heterocycles. The van der Waals surface area contributed by atoms with Crippen molar-refractivity contribution in [1.29, 1.82) is 0 Å². The third-order valence-electron chi connectivity index (χ3n) is 5.57. The van der Waals surface area contributed by atoms with Crippen LogP contribution in [0, 0.1) is 0 Å². The summed E-state index contributed by atoms with van der Waals surface area (Å²) < 4.78 is 5.08. The molecular formula is C23H27N3O5. The highest BCUT2D eigenvalue weighted by molar-refractivity contribution is 6.46. The number of Topliss-reactive ketones (excluding diaryl/α,β-unsaturated/α-hetero) is 1. The molecule has 0 aliphatic carbocycles. The molecule has 1 aromatic carbocycles. The fourth-order valence-corrected chi connectivity index (χ4v) is 3.78. The summed E-state index contributed by atoms with van der Waals surface area (Å²) in [4.78, 5) is 33.6. The van der Waals surface area contributed by atoms with E-state index in [4.69, 9.17) is 4.74 Å². The van der Waals surface area contributed by atoms with Gasteiger partial charge < -0.3 is 24.7 Å². The van der Waals surface area contributed by atoms with Crippen molar-refractivity contribution >= 4 is 17.4 Å². The average Bonchev–Trinajstić information content (AvgIpc) is 3.04. The van der Waals surface area contributed by atoms with Gasteiger partial charge in [-0.05, 0) is 42.9 Å². The molecule has 1 amide bonds. The number of hydrogen-bond donors (Lipinski definition) is 2. The number of likely N-dealkylation sites (N-methyl/N-ethyl adjacent to an activating group) is 1. The minimum absolute atomic E-state index is 0.0570. The normalized spacial score (nSPS) is 18.1. The number of aliphatic hydroxyl groups is 1. The second-order valence-electron chi connectivity index (χ2n) is 7.18. The fourth-order valence-electron chi connectivity index (χ4n) is 3.78. The van der Waals surface area contributed by atoms with Crippen LogP contribution in [0.3, 0.4) is 0 Å². The number of ketones is 1. The number of ether oxygens (including phenoxy) is 1. The number of aromatic nitrogens is 1. The maximum Gasteiger partial charge on any atom is 0.295 e. The second-order valence-corrected chi connectivity index (χ2v) is 7.18. The van der Waals surface area contributed by atoms with Gasteiger partial charge in [0.1, 0.15) is 17.3 Å². The van der Waals surface area contributed by atoms with Crippen molar-refractivity contribution in [2.75, 3.05) is 33.3 Å². The number of phenols is 1. The Bertz CT molecular complexity index is 986. The van der Waals surface area contributed by atoms with Gasteiger partial charge in [-0.2, -0.15) is 0 Å². The highest BCUT2D eigenvalue weighted by Crippen LogP contribution is 2.41. The topological polar surface area (TPSA) is 103 Å². The van der Waals surface area contributed by atoms with Gasteiger partial charge >= 0.3 is 0 Å². The number of rotatable bonds is 8. The van der Waals surface area contributed by atoms with Gasteiger partial charge in [-0.15, -0.1) is 0 Å². The van der Waals surface area contributed by atoms with Crippen LogP contribution in [-0.2, 0) is 9.59 Å². The summed E-state index contributed by atoms with van der Waals surface area (Å²) in [5.74, 6) is -1.73. The Kier molecular flexibility index (Phi) is 6.91. The number of benzene rings is 1. The van der Waals surface area contributed by atoms with Crippen LogP contribution < -0.4 is 4.74 Å². The molecule has 1 aromatic heterocycles. The Hall–Kier alpha value is -3.39. The maximum atomic E-state index is 13.0. The molecular weight excluding hydrogens is 398 g/mol. The van der Waals surface area contributed by atoms with Crippen LogP contribution in [0.5, 0.6) is 11.5 Å². The highest BCUT2D eigenvalue weighted by atomic mass is 16.5. The Labute approximate surface area is 181 Å². The lowest BCUT2D eigenvalue weighted by Gasteiger charge is -2.28. The van der Waals surface area contributed by atoms with Crippen LogP contribution in [0.15, 0.2) is 48.3 Å². The first kappa shape index (κ1) is 22.3. The number of carbonyl (C=O) groups is 2. The van der Waals surface area contributed by atoms with Crippen molar-refractivity contribution in [3.05, 3.63) is 59.4 Å². The lowest BCUT2D eigenvalue weighted by molar-refractivity contribution is -0.140. The molecule has 0 spiro atoms. The maximum absolute atomic E-state index is 13.0. The number of methoxy groups -OCH3 is 1. The number of aliphatic hydroxyl groups excluding tert-OH is 1. The summed E-state index contributed by atoms with van der Waals surface area (Å²) in [6, 6.07) is 7.00. The number of likely N-dealkylation sites (tertiary alicyclic amines) is 1. The van der Waals surface area contributed by atoms with Gasteiger partial charge in [-0.1, -0.05) is 13.8 Å². The zero-order chi connectivity index (χ0) is 22.5. The second kappa shape index (κ2) is 9.61. The molecule has 164 valence electrons. The molecule has 1 fully saturated rings. The van der Waals surface area contributed by atoms with Gasteiger partial charge in [-0.25, -0.2) is 0 Å². The van der Waals surface area contributed by atoms with Gasteiger partial charge in [0.25, 0.3) is 11.7 Å². The van der Waals surface area contributed by atoms with Crippen molar-refractivity contribution in [1.82, 2.24) is 14.8 Å². The van der Waals surface area contributed by atoms with Crippen LogP contribution in [0.25, 0.3) is 5.76 Å². The van der Waals surface area contributed by atoms with E-state index < -0.39 is 23.5 Å². The summed E-state index contributed by atoms with van der Waals surface area (Å²) >= 11 is 0. The smallest absolute Gasteiger partial charge is 0.295 e. The van der Waals surface area contributed by atoms with E-state index in [0.29, 0.717) is 24.4 Å². The van der Waals surface area contributed by atoms with Crippen LogP contribution in [0.4, 0.5) is 0 Å². The Morgan fingerprint density at radius 3 is 2.42 bits per heavy atom. The number of phenolic OH excluding ortho intramolecular Hbond substituents is 1. The predicted octanol–water partition coefficient (Wildman–Crippen LogP) is 2.56. The zero-order valence-electron chi connectivity index (χ0n) is 17.9. The van der Waals surface area contributed by atoms with Crippen molar-refractivity contribution < 1.29 is 24.5 Å². The van der Waals surface area contributed by atoms with Gasteiger partial charge in [0.15, 0.2) is 0 Å². The Morgan fingerprint density at radius 2 is 1.84 bits per heavy atom. The minimum Gasteiger partial charge on any atom is -0.507 e. The summed E-state index contributed by atoms with van der Waals surface area (Å²) in [6.07, 6.45) is 3.15. The summed E-state index contributed by atoms with van der Waals surface area (Å²) in [7, 11) is 1.46. The van der Waals surface area contributed by atoms with E-state index in [1.54, 1.807) is 30.6 Å². The Morgan fingerprint density at radius 1 is 1.16 bits per heavy atom. The molecule has 8 heteroatoms. The predicted molar refractivity (Wildman–Crippen MR) is 116 cm³/mol. The standard InChI is InChI=1S/C23H27N3O5/c1-4-25(5-2)12-13-26-20(15-8-10-24-11-9-15)19(22(29)23(26)30)21(28)17-7-6-16(31-3)14-18(17)27/h6-11,14,20,27-28H,4-5,12-13H2,1-3H3/t20-/m1/s1. The van der Waals surface area contributed by atoms with Crippen LogP contribution in [0.1, 0.15) is 31.0 Å². The third kappa shape index (κ3) is 4.39. The molecule has 1 aliphatic rings. The third-order valence-corrected chi connectivity index (χ3v) is 5.57. The number of carbonyl (C=O) groups excluding carboxylic acids is 2. The number of hydrogen-bond acceptors (Lipinski definition) is 7. The van der Waals surface area contributed by atoms with Crippen molar-refractivity contribution in [2.24, 2.45) is 0 Å². The fraction of sp³-hybridized carbons (Fsp3) is 0.348. The van der Waals surface area contributed by atoms with Gasteiger partial charge in [0, 0.05) is 31.5 Å². The van der Waals surface area contributed by atoms with E-state index in [1.165, 1.54) is 24.1 Å².